The van der Waals surface area contributed by atoms with Crippen LogP contribution in [-0.2, 0) is 64.0 Å². The Morgan fingerprint density at radius 3 is 1.61 bits per heavy atom. The number of carbonyl (C=O) groups excluding carboxylic acids is 7. The maximum absolute atomic E-state index is 14.0. The lowest BCUT2D eigenvalue weighted by Crippen LogP contribution is -2.51. The van der Waals surface area contributed by atoms with Crippen LogP contribution in [0, 0.1) is 11.3 Å². The normalized spacial score (nSPS) is 12.4. The molecule has 0 fully saturated rings. The first-order chi connectivity index (χ1) is 32.8. The smallest absolute Gasteiger partial charge is 0.322 e. The molecule has 6 N–H and O–H groups in total. The molecule has 0 radical (unpaired) electrons. The molecule has 16 nitrogen and oxygen atoms in total. The van der Waals surface area contributed by atoms with Gasteiger partial charge >= 0.3 is 17.9 Å². The van der Waals surface area contributed by atoms with Gasteiger partial charge in [-0.25, -0.2) is 0 Å². The summed E-state index contributed by atoms with van der Waals surface area (Å²) in [6.07, 6.45) is 2.81. The molecule has 0 spiro atoms. The highest BCUT2D eigenvalue weighted by Crippen LogP contribution is 2.27. The molecule has 4 rings (SSSR count). The maximum Gasteiger partial charge on any atom is 0.322 e. The van der Waals surface area contributed by atoms with Crippen LogP contribution >= 0.6 is 0 Å². The number of amides is 3. The summed E-state index contributed by atoms with van der Waals surface area (Å²) < 4.78 is 10.4. The summed E-state index contributed by atoms with van der Waals surface area (Å²) >= 11 is 0. The Kier molecular flexibility index (Phi) is 21.1. The van der Waals surface area contributed by atoms with Crippen LogP contribution in [0.15, 0.2) is 97.1 Å². The van der Waals surface area contributed by atoms with Crippen molar-refractivity contribution >= 4 is 47.2 Å². The Bertz CT molecular complexity index is 2380. The number of unbranched alkanes of at least 4 members (excludes halogenated alkanes) is 1. The van der Waals surface area contributed by atoms with E-state index in [1.807, 2.05) is 0 Å². The third-order valence-corrected chi connectivity index (χ3v) is 11.3. The van der Waals surface area contributed by atoms with Crippen molar-refractivity contribution in [3.8, 4) is 23.0 Å². The number of hydrogen-bond acceptors (Lipinski definition) is 12. The Labute approximate surface area is 402 Å². The monoisotopic (exact) mass is 949 g/mol. The SMILES string of the molecule is CC(=O)CCCCC(=O)Oc1ccc(CCNC(=O)[C@H](Cc2ccc(O)cc2)NC(=O)C(C)CC(C)(C)C(=O)N[C@@H](Cc2ccc(O)cc2)C(=O)CCCc2ccc(OC(=O)CC(=O)O)cc2)cc1. The number of phenolic OH excluding ortho intramolecular Hbond substituents is 2. The Hall–Kier alpha value is -7.36. The summed E-state index contributed by atoms with van der Waals surface area (Å²) in [4.78, 5) is 101. The number of ketones is 2. The van der Waals surface area contributed by atoms with Gasteiger partial charge in [0, 0.05) is 43.6 Å². The molecular formula is C53H63N3O13. The zero-order chi connectivity index (χ0) is 50.5. The lowest BCUT2D eigenvalue weighted by Gasteiger charge is -2.30. The van der Waals surface area contributed by atoms with Crippen LogP contribution in [0.3, 0.4) is 0 Å². The second-order valence-electron chi connectivity index (χ2n) is 17.9. The predicted molar refractivity (Wildman–Crippen MR) is 255 cm³/mol. The van der Waals surface area contributed by atoms with E-state index in [0.717, 1.165) is 11.1 Å². The van der Waals surface area contributed by atoms with E-state index < -0.39 is 59.5 Å². The Morgan fingerprint density at radius 1 is 0.580 bits per heavy atom. The third-order valence-electron chi connectivity index (χ3n) is 11.3. The van der Waals surface area contributed by atoms with Crippen molar-refractivity contribution in [1.82, 2.24) is 16.0 Å². The van der Waals surface area contributed by atoms with E-state index in [1.165, 1.54) is 43.3 Å². The number of carboxylic acids is 1. The van der Waals surface area contributed by atoms with Crippen LogP contribution in [0.2, 0.25) is 0 Å². The lowest BCUT2D eigenvalue weighted by molar-refractivity contribution is -0.146. The molecule has 0 bridgehead atoms. The molecule has 0 saturated carbocycles. The van der Waals surface area contributed by atoms with Crippen molar-refractivity contribution in [2.45, 2.75) is 117 Å². The number of nitrogens with one attached hydrogen (secondary N) is 3. The summed E-state index contributed by atoms with van der Waals surface area (Å²) in [6, 6.07) is 24.0. The van der Waals surface area contributed by atoms with E-state index in [9.17, 15) is 48.6 Å². The number of Topliss-reactive ketones (excluding diaryl/α,β-unsaturated/α-hetero) is 2. The van der Waals surface area contributed by atoms with Crippen molar-refractivity contribution in [2.24, 2.45) is 11.3 Å². The molecule has 0 aliphatic carbocycles. The molecule has 4 aromatic carbocycles. The van der Waals surface area contributed by atoms with E-state index in [2.05, 4.69) is 16.0 Å². The molecule has 4 aromatic rings. The molecule has 0 aliphatic rings. The summed E-state index contributed by atoms with van der Waals surface area (Å²) in [5.74, 6) is -4.21. The van der Waals surface area contributed by atoms with Gasteiger partial charge in [0.25, 0.3) is 0 Å². The molecule has 69 heavy (non-hydrogen) atoms. The number of phenols is 2. The quantitative estimate of drug-likeness (QED) is 0.0159. The average molecular weight is 950 g/mol. The average Bonchev–Trinajstić information content (AvgIpc) is 3.29. The number of rotatable bonds is 28. The highest BCUT2D eigenvalue weighted by Gasteiger charge is 2.35. The van der Waals surface area contributed by atoms with Gasteiger partial charge in [0.05, 0.1) is 6.04 Å². The molecule has 0 heterocycles. The van der Waals surface area contributed by atoms with Crippen molar-refractivity contribution in [1.29, 1.82) is 0 Å². The van der Waals surface area contributed by atoms with Gasteiger partial charge in [0.15, 0.2) is 5.78 Å². The predicted octanol–water partition coefficient (Wildman–Crippen LogP) is 6.29. The van der Waals surface area contributed by atoms with E-state index in [1.54, 1.807) is 81.4 Å². The minimum absolute atomic E-state index is 0.0429. The Balaban J connectivity index is 1.35. The number of aliphatic carboxylic acids is 1. The number of carboxylic acid groups (broad SMARTS) is 1. The molecule has 3 atom stereocenters. The van der Waals surface area contributed by atoms with Crippen molar-refractivity contribution in [2.75, 3.05) is 6.54 Å². The summed E-state index contributed by atoms with van der Waals surface area (Å²) in [5, 5.41) is 37.1. The van der Waals surface area contributed by atoms with E-state index >= 15 is 0 Å². The van der Waals surface area contributed by atoms with E-state index in [-0.39, 0.29) is 73.4 Å². The minimum Gasteiger partial charge on any atom is -0.508 e. The topological polar surface area (TPSA) is 252 Å². The van der Waals surface area contributed by atoms with Gasteiger partial charge in [0.1, 0.15) is 41.2 Å². The number of aryl methyl sites for hydroxylation is 1. The number of aromatic hydroxyl groups is 2. The fraction of sp³-hybridized carbons (Fsp3) is 0.396. The number of ether oxygens (including phenoxy) is 2. The molecule has 16 heteroatoms. The van der Waals surface area contributed by atoms with Gasteiger partial charge in [-0.05, 0) is 123 Å². The Morgan fingerprint density at radius 2 is 1.07 bits per heavy atom. The van der Waals surface area contributed by atoms with Crippen molar-refractivity contribution in [3.63, 3.8) is 0 Å². The zero-order valence-corrected chi connectivity index (χ0v) is 39.6. The van der Waals surface area contributed by atoms with Crippen molar-refractivity contribution in [3.05, 3.63) is 119 Å². The van der Waals surface area contributed by atoms with Crippen molar-refractivity contribution < 1.29 is 63.1 Å². The van der Waals surface area contributed by atoms with Crippen LogP contribution in [-0.4, -0.2) is 81.1 Å². The fourth-order valence-electron chi connectivity index (χ4n) is 7.47. The van der Waals surface area contributed by atoms with Crippen LogP contribution in [0.25, 0.3) is 0 Å². The largest absolute Gasteiger partial charge is 0.508 e. The van der Waals surface area contributed by atoms with Crippen LogP contribution < -0.4 is 25.4 Å². The van der Waals surface area contributed by atoms with Crippen LogP contribution in [0.1, 0.15) is 101 Å². The highest BCUT2D eigenvalue weighted by molar-refractivity contribution is 5.93. The molecule has 1 unspecified atom stereocenters. The highest BCUT2D eigenvalue weighted by atomic mass is 16.5. The van der Waals surface area contributed by atoms with Gasteiger partial charge in [0.2, 0.25) is 17.7 Å². The molecule has 0 saturated heterocycles. The summed E-state index contributed by atoms with van der Waals surface area (Å²) in [5.41, 5.74) is 1.94. The third kappa shape index (κ3) is 19.8. The second kappa shape index (κ2) is 26.8. The van der Waals surface area contributed by atoms with Gasteiger partial charge < -0.3 is 45.5 Å². The van der Waals surface area contributed by atoms with E-state index in [0.29, 0.717) is 55.4 Å². The summed E-state index contributed by atoms with van der Waals surface area (Å²) in [6.45, 7) is 6.74. The molecule has 3 amide bonds. The first kappa shape index (κ1) is 54.2. The summed E-state index contributed by atoms with van der Waals surface area (Å²) in [7, 11) is 0. The zero-order valence-electron chi connectivity index (χ0n) is 39.6. The standard InChI is InChI=1S/C53H63N3O13/c1-34(50(65)55-45(31-39-14-22-41(59)23-15-39)51(66)54-29-28-37-18-26-42(27-19-37)68-48(63)11-6-5-8-35(2)57)33-53(3,4)52(67)56-44(30-38-12-20-40(58)21-13-38)46(60)10-7-9-36-16-24-43(25-17-36)69-49(64)32-47(61)62/h12-27,34,44-45,58-59H,5-11,28-33H2,1-4H3,(H,54,66)(H,55,65)(H,56,67)(H,61,62)/t34?,44-,45-/m0/s1. The minimum atomic E-state index is -1.30. The van der Waals surface area contributed by atoms with E-state index in [4.69, 9.17) is 14.6 Å². The fourth-order valence-corrected chi connectivity index (χ4v) is 7.47. The second-order valence-corrected chi connectivity index (χ2v) is 17.9. The van der Waals surface area contributed by atoms with Gasteiger partial charge in [-0.2, -0.15) is 0 Å². The number of esters is 2. The number of benzene rings is 4. The van der Waals surface area contributed by atoms with Gasteiger partial charge in [-0.1, -0.05) is 69.3 Å². The van der Waals surface area contributed by atoms with Crippen LogP contribution in [0.5, 0.6) is 23.0 Å². The first-order valence-electron chi connectivity index (χ1n) is 23.0. The number of carbonyl (C=O) groups is 8. The van der Waals surface area contributed by atoms with Crippen LogP contribution in [0.4, 0.5) is 0 Å². The first-order valence-corrected chi connectivity index (χ1v) is 23.0. The molecule has 368 valence electrons. The lowest BCUT2D eigenvalue weighted by atomic mass is 9.81. The molecule has 0 aromatic heterocycles. The maximum atomic E-state index is 14.0. The molecule has 0 aliphatic heterocycles. The van der Waals surface area contributed by atoms with Gasteiger partial charge in [-0.15, -0.1) is 0 Å². The molecular weight excluding hydrogens is 887 g/mol. The van der Waals surface area contributed by atoms with Gasteiger partial charge in [-0.3, -0.25) is 33.6 Å². The number of hydrogen-bond donors (Lipinski definition) is 6.